The Morgan fingerprint density at radius 1 is 1.15 bits per heavy atom. The van der Waals surface area contributed by atoms with Crippen molar-refractivity contribution in [1.82, 2.24) is 19.4 Å². The second-order valence-electron chi connectivity index (χ2n) is 10.3. The Bertz CT molecular complexity index is 1640. The Hall–Kier alpha value is -3.92. The van der Waals surface area contributed by atoms with E-state index in [0.717, 1.165) is 30.4 Å². The molecule has 2 aliphatic heterocycles. The molecule has 0 amide bonds. The van der Waals surface area contributed by atoms with Crippen LogP contribution in [0.2, 0.25) is 0 Å². The number of nitrogens with zero attached hydrogens (tertiary/aromatic N) is 5. The van der Waals surface area contributed by atoms with Gasteiger partial charge in [0.15, 0.2) is 0 Å². The van der Waals surface area contributed by atoms with Gasteiger partial charge in [0.05, 0.1) is 42.0 Å². The number of pyridine rings is 1. The molecule has 0 bridgehead atoms. The van der Waals surface area contributed by atoms with E-state index in [1.54, 1.807) is 6.07 Å². The van der Waals surface area contributed by atoms with Gasteiger partial charge in [0, 0.05) is 24.2 Å². The minimum Gasteiger partial charge on any atom is -0.477 e. The average Bonchev–Trinajstić information content (AvgIpc) is 3.49. The van der Waals surface area contributed by atoms with Gasteiger partial charge in [-0.05, 0) is 56.6 Å². The number of rotatable bonds is 9. The molecule has 2 fully saturated rings. The third-order valence-electron chi connectivity index (χ3n) is 7.66. The number of carboxylic acids is 1. The van der Waals surface area contributed by atoms with Gasteiger partial charge in [0.1, 0.15) is 33.8 Å². The summed E-state index contributed by atoms with van der Waals surface area (Å²) in [4.78, 5) is 23.9. The molecule has 9 nitrogen and oxygen atoms in total. The maximum absolute atomic E-state index is 14.8. The Morgan fingerprint density at radius 2 is 1.95 bits per heavy atom. The lowest BCUT2D eigenvalue weighted by Gasteiger charge is -2.32. The predicted molar refractivity (Wildman–Crippen MR) is 146 cm³/mol. The highest BCUT2D eigenvalue weighted by molar-refractivity contribution is 7.20. The Kier molecular flexibility index (Phi) is 7.66. The van der Waals surface area contributed by atoms with Gasteiger partial charge < -0.3 is 19.1 Å². The lowest BCUT2D eigenvalue weighted by Crippen LogP contribution is -2.35. The number of halogens is 2. The fourth-order valence-corrected chi connectivity index (χ4v) is 6.17. The van der Waals surface area contributed by atoms with Crippen molar-refractivity contribution in [2.24, 2.45) is 0 Å². The SMILES string of the molecule is N#Cc1ccc(COc2ccc(F)c(C3CCN(Cc4nc5sc(C(=O)O)cc5n4C[C@@H]4CCO4)CC3)n2)c(F)c1. The minimum atomic E-state index is -0.959. The maximum atomic E-state index is 14.8. The number of benzene rings is 1. The van der Waals surface area contributed by atoms with Crippen LogP contribution in [-0.2, 0) is 24.4 Å². The summed E-state index contributed by atoms with van der Waals surface area (Å²) in [6, 6.07) is 10.5. The van der Waals surface area contributed by atoms with Crippen LogP contribution in [0.15, 0.2) is 36.4 Å². The molecule has 0 unspecified atom stereocenters. The number of carboxylic acid groups (broad SMARTS) is 1. The molecule has 0 radical (unpaired) electrons. The van der Waals surface area contributed by atoms with E-state index in [0.29, 0.717) is 49.5 Å². The van der Waals surface area contributed by atoms with Gasteiger partial charge in [-0.2, -0.15) is 5.26 Å². The molecule has 1 aromatic carbocycles. The minimum absolute atomic E-state index is 0.0853. The predicted octanol–water partition coefficient (Wildman–Crippen LogP) is 5.09. The zero-order valence-corrected chi connectivity index (χ0v) is 22.9. The van der Waals surface area contributed by atoms with Gasteiger partial charge in [-0.15, -0.1) is 11.3 Å². The van der Waals surface area contributed by atoms with Crippen molar-refractivity contribution in [2.75, 3.05) is 19.7 Å². The zero-order chi connectivity index (χ0) is 28.5. The molecule has 1 atom stereocenters. The molecule has 0 aliphatic carbocycles. The van der Waals surface area contributed by atoms with Crippen molar-refractivity contribution < 1.29 is 28.2 Å². The second kappa shape index (κ2) is 11.5. The van der Waals surface area contributed by atoms with Crippen LogP contribution in [0.3, 0.4) is 0 Å². The fraction of sp³-hybridized carbons (Fsp3) is 0.379. The van der Waals surface area contributed by atoms with Crippen LogP contribution in [0.5, 0.6) is 5.88 Å². The summed E-state index contributed by atoms with van der Waals surface area (Å²) in [6.45, 7) is 3.31. The monoisotopic (exact) mass is 579 g/mol. The Morgan fingerprint density at radius 3 is 2.63 bits per heavy atom. The normalized spacial score (nSPS) is 17.8. The van der Waals surface area contributed by atoms with E-state index in [1.165, 1.54) is 35.6 Å². The van der Waals surface area contributed by atoms with Crippen LogP contribution in [0.1, 0.15) is 57.5 Å². The van der Waals surface area contributed by atoms with Gasteiger partial charge in [-0.25, -0.2) is 23.5 Å². The third kappa shape index (κ3) is 5.79. The van der Waals surface area contributed by atoms with E-state index in [9.17, 15) is 18.7 Å². The van der Waals surface area contributed by atoms with Gasteiger partial charge in [-0.1, -0.05) is 6.07 Å². The molecule has 0 saturated carbocycles. The topological polar surface area (TPSA) is 114 Å². The Balaban J connectivity index is 1.11. The number of nitriles is 1. The van der Waals surface area contributed by atoms with Crippen LogP contribution >= 0.6 is 11.3 Å². The quantitative estimate of drug-likeness (QED) is 0.292. The van der Waals surface area contributed by atoms with Gasteiger partial charge in [0.25, 0.3) is 0 Å². The number of hydrogen-bond donors (Lipinski definition) is 1. The maximum Gasteiger partial charge on any atom is 0.346 e. The molecular weight excluding hydrogens is 552 g/mol. The smallest absolute Gasteiger partial charge is 0.346 e. The average molecular weight is 580 g/mol. The second-order valence-corrected chi connectivity index (χ2v) is 11.3. The number of aromatic nitrogens is 3. The molecule has 12 heteroatoms. The van der Waals surface area contributed by atoms with E-state index in [-0.39, 0.29) is 40.5 Å². The number of ether oxygens (including phenoxy) is 2. The van der Waals surface area contributed by atoms with Crippen molar-refractivity contribution in [3.05, 3.63) is 75.6 Å². The molecule has 6 rings (SSSR count). The highest BCUT2D eigenvalue weighted by atomic mass is 32.1. The fourth-order valence-electron chi connectivity index (χ4n) is 5.28. The molecule has 41 heavy (non-hydrogen) atoms. The summed E-state index contributed by atoms with van der Waals surface area (Å²) in [7, 11) is 0. The van der Waals surface area contributed by atoms with Crippen molar-refractivity contribution in [3.63, 3.8) is 0 Å². The summed E-state index contributed by atoms with van der Waals surface area (Å²) in [5, 5.41) is 18.3. The number of piperidine rings is 1. The standard InChI is InChI=1S/C29H27F2N5O4S/c30-21-3-4-26(40-16-19-2-1-17(13-32)11-22(19)31)34-27(21)18-5-8-35(9-6-18)15-25-33-28-23(12-24(41-28)29(37)38)36(25)14-20-7-10-39-20/h1-4,11-12,18,20H,5-10,14-16H2,(H,37,38)/t20-/m0/s1. The van der Waals surface area contributed by atoms with Gasteiger partial charge >= 0.3 is 5.97 Å². The number of thiophene rings is 1. The van der Waals surface area contributed by atoms with E-state index in [4.69, 9.17) is 19.7 Å². The molecule has 0 spiro atoms. The first kappa shape index (κ1) is 27.3. The number of likely N-dealkylation sites (tertiary alicyclic amines) is 1. The van der Waals surface area contributed by atoms with Crippen molar-refractivity contribution in [1.29, 1.82) is 5.26 Å². The van der Waals surface area contributed by atoms with Crippen LogP contribution in [0.25, 0.3) is 10.3 Å². The van der Waals surface area contributed by atoms with E-state index in [1.807, 2.05) is 6.07 Å². The molecule has 2 saturated heterocycles. The third-order valence-corrected chi connectivity index (χ3v) is 8.67. The van der Waals surface area contributed by atoms with Crippen LogP contribution in [0.4, 0.5) is 8.78 Å². The van der Waals surface area contributed by atoms with Crippen LogP contribution in [-0.4, -0.2) is 56.3 Å². The summed E-state index contributed by atoms with van der Waals surface area (Å²) < 4.78 is 42.4. The van der Waals surface area contributed by atoms with Crippen LogP contribution < -0.4 is 4.74 Å². The number of imidazole rings is 1. The molecule has 212 valence electrons. The highest BCUT2D eigenvalue weighted by Gasteiger charge is 2.28. The lowest BCUT2D eigenvalue weighted by molar-refractivity contribution is -0.0592. The first-order valence-electron chi connectivity index (χ1n) is 13.4. The molecule has 3 aromatic heterocycles. The van der Waals surface area contributed by atoms with Crippen LogP contribution in [0, 0.1) is 23.0 Å². The van der Waals surface area contributed by atoms with E-state index in [2.05, 4.69) is 14.5 Å². The Labute approximate surface area is 238 Å². The largest absolute Gasteiger partial charge is 0.477 e. The summed E-state index contributed by atoms with van der Waals surface area (Å²) in [5.41, 5.74) is 1.67. The van der Waals surface area contributed by atoms with Gasteiger partial charge in [-0.3, -0.25) is 4.90 Å². The van der Waals surface area contributed by atoms with Crippen molar-refractivity contribution in [2.45, 2.75) is 51.0 Å². The summed E-state index contributed by atoms with van der Waals surface area (Å²) >= 11 is 1.17. The summed E-state index contributed by atoms with van der Waals surface area (Å²) in [6.07, 6.45) is 2.45. The van der Waals surface area contributed by atoms with Gasteiger partial charge in [0.2, 0.25) is 5.88 Å². The summed E-state index contributed by atoms with van der Waals surface area (Å²) in [5.74, 6) is -0.904. The number of aromatic carboxylic acids is 1. The first-order chi connectivity index (χ1) is 19.9. The number of fused-ring (bicyclic) bond motifs is 1. The number of hydrogen-bond acceptors (Lipinski definition) is 8. The van der Waals surface area contributed by atoms with E-state index >= 15 is 0 Å². The molecule has 1 N–H and O–H groups in total. The zero-order valence-electron chi connectivity index (χ0n) is 22.1. The molecular formula is C29H27F2N5O4S. The molecule has 2 aliphatic rings. The van der Waals surface area contributed by atoms with E-state index < -0.39 is 17.6 Å². The molecule has 5 heterocycles. The lowest BCUT2D eigenvalue weighted by atomic mass is 9.92. The highest BCUT2D eigenvalue weighted by Crippen LogP contribution is 2.32. The molecule has 4 aromatic rings. The van der Waals surface area contributed by atoms with Crippen molar-refractivity contribution >= 4 is 27.7 Å². The first-order valence-corrected chi connectivity index (χ1v) is 14.2. The van der Waals surface area contributed by atoms with Crippen molar-refractivity contribution in [3.8, 4) is 11.9 Å². The number of carbonyl (C=O) groups is 1.